The van der Waals surface area contributed by atoms with Gasteiger partial charge in [-0.15, -0.1) is 23.5 Å². The third-order valence-electron chi connectivity index (χ3n) is 1.58. The molecule has 11 heavy (non-hydrogen) atoms. The highest BCUT2D eigenvalue weighted by Gasteiger charge is 2.07. The molecule has 0 bridgehead atoms. The van der Waals surface area contributed by atoms with Gasteiger partial charge in [-0.25, -0.2) is 0 Å². The molecule has 0 heterocycles. The summed E-state index contributed by atoms with van der Waals surface area (Å²) < 4.78 is 1.24. The van der Waals surface area contributed by atoms with Gasteiger partial charge in [0.15, 0.2) is 0 Å². The SMILES string of the molecule is CCC(O)C(C)=C(SC)SC. The summed E-state index contributed by atoms with van der Waals surface area (Å²) in [4.78, 5) is 0. The van der Waals surface area contributed by atoms with Gasteiger partial charge in [-0.1, -0.05) is 6.92 Å². The summed E-state index contributed by atoms with van der Waals surface area (Å²) in [5, 5.41) is 9.47. The number of hydrogen-bond donors (Lipinski definition) is 1. The molecule has 1 N–H and O–H groups in total. The van der Waals surface area contributed by atoms with E-state index in [9.17, 15) is 5.11 Å². The van der Waals surface area contributed by atoms with Crippen LogP contribution in [0.5, 0.6) is 0 Å². The van der Waals surface area contributed by atoms with E-state index in [2.05, 4.69) is 0 Å². The Kier molecular flexibility index (Phi) is 6.19. The number of aliphatic hydroxyl groups is 1. The second-order valence-electron chi connectivity index (χ2n) is 2.30. The van der Waals surface area contributed by atoms with Crippen LogP contribution in [0.4, 0.5) is 0 Å². The Bertz CT molecular complexity index is 137. The molecule has 1 nitrogen and oxygen atoms in total. The topological polar surface area (TPSA) is 20.2 Å². The van der Waals surface area contributed by atoms with Crippen LogP contribution in [0.2, 0.25) is 0 Å². The maximum Gasteiger partial charge on any atom is 0.0763 e. The second-order valence-corrected chi connectivity index (χ2v) is 4.19. The van der Waals surface area contributed by atoms with Gasteiger partial charge in [0.25, 0.3) is 0 Å². The zero-order chi connectivity index (χ0) is 8.85. The molecule has 0 rings (SSSR count). The van der Waals surface area contributed by atoms with E-state index in [0.29, 0.717) is 0 Å². The molecule has 0 radical (unpaired) electrons. The van der Waals surface area contributed by atoms with Crippen molar-refractivity contribution in [1.82, 2.24) is 0 Å². The predicted octanol–water partition coefficient (Wildman–Crippen LogP) is 2.71. The van der Waals surface area contributed by atoms with Crippen LogP contribution in [0.25, 0.3) is 0 Å². The number of aliphatic hydroxyl groups excluding tert-OH is 1. The van der Waals surface area contributed by atoms with Crippen molar-refractivity contribution in [1.29, 1.82) is 0 Å². The lowest BCUT2D eigenvalue weighted by Crippen LogP contribution is -2.06. The molecule has 0 fully saturated rings. The smallest absolute Gasteiger partial charge is 0.0763 e. The molecule has 0 aliphatic rings. The highest BCUT2D eigenvalue weighted by Crippen LogP contribution is 2.29. The molecule has 1 atom stereocenters. The van der Waals surface area contributed by atoms with Crippen LogP contribution in [0, 0.1) is 0 Å². The van der Waals surface area contributed by atoms with Crippen molar-refractivity contribution in [3.05, 3.63) is 9.81 Å². The number of rotatable bonds is 4. The van der Waals surface area contributed by atoms with Crippen LogP contribution < -0.4 is 0 Å². The number of hydrogen-bond acceptors (Lipinski definition) is 3. The molecule has 0 aromatic heterocycles. The minimum atomic E-state index is -0.259. The predicted molar refractivity (Wildman–Crippen MR) is 56.0 cm³/mol. The summed E-state index contributed by atoms with van der Waals surface area (Å²) >= 11 is 3.41. The Labute approximate surface area is 77.6 Å². The summed E-state index contributed by atoms with van der Waals surface area (Å²) in [6, 6.07) is 0. The molecular weight excluding hydrogens is 176 g/mol. The fourth-order valence-electron chi connectivity index (χ4n) is 0.848. The van der Waals surface area contributed by atoms with Gasteiger partial charge in [-0.2, -0.15) is 0 Å². The molecule has 0 saturated heterocycles. The van der Waals surface area contributed by atoms with Gasteiger partial charge in [0.05, 0.1) is 6.10 Å². The fourth-order valence-corrected chi connectivity index (χ4v) is 2.43. The first-order valence-electron chi connectivity index (χ1n) is 3.64. The van der Waals surface area contributed by atoms with Crippen molar-refractivity contribution < 1.29 is 5.11 Å². The Morgan fingerprint density at radius 3 is 2.09 bits per heavy atom. The van der Waals surface area contributed by atoms with Crippen LogP contribution in [0.3, 0.4) is 0 Å². The van der Waals surface area contributed by atoms with Gasteiger partial charge in [0.1, 0.15) is 0 Å². The first-order valence-corrected chi connectivity index (χ1v) is 6.09. The highest BCUT2D eigenvalue weighted by molar-refractivity contribution is 8.21. The van der Waals surface area contributed by atoms with E-state index in [-0.39, 0.29) is 6.10 Å². The summed E-state index contributed by atoms with van der Waals surface area (Å²) in [7, 11) is 0. The third-order valence-corrected chi connectivity index (χ3v) is 3.96. The van der Waals surface area contributed by atoms with E-state index in [0.717, 1.165) is 12.0 Å². The van der Waals surface area contributed by atoms with Crippen molar-refractivity contribution in [2.75, 3.05) is 12.5 Å². The van der Waals surface area contributed by atoms with Gasteiger partial charge in [0, 0.05) is 4.24 Å². The fraction of sp³-hybridized carbons (Fsp3) is 0.750. The van der Waals surface area contributed by atoms with Gasteiger partial charge < -0.3 is 5.11 Å². The zero-order valence-corrected chi connectivity index (χ0v) is 9.18. The normalized spacial score (nSPS) is 12.8. The molecule has 0 aromatic carbocycles. The highest BCUT2D eigenvalue weighted by atomic mass is 32.2. The summed E-state index contributed by atoms with van der Waals surface area (Å²) in [6.45, 7) is 3.99. The molecular formula is C8H16OS2. The quantitative estimate of drug-likeness (QED) is 0.739. The van der Waals surface area contributed by atoms with Crippen molar-refractivity contribution >= 4 is 23.5 Å². The molecule has 0 amide bonds. The minimum Gasteiger partial charge on any atom is -0.389 e. The third kappa shape index (κ3) is 3.54. The Balaban J connectivity index is 4.33. The van der Waals surface area contributed by atoms with Gasteiger partial charge in [0.2, 0.25) is 0 Å². The molecule has 0 saturated carbocycles. The van der Waals surface area contributed by atoms with Crippen LogP contribution in [-0.2, 0) is 0 Å². The standard InChI is InChI=1S/C8H16OS2/c1-5-7(9)6(2)8(10-3)11-4/h7,9H,5H2,1-4H3. The first kappa shape index (κ1) is 11.4. The van der Waals surface area contributed by atoms with Crippen molar-refractivity contribution in [3.63, 3.8) is 0 Å². The summed E-state index contributed by atoms with van der Waals surface area (Å²) in [5.41, 5.74) is 1.10. The molecule has 0 aliphatic carbocycles. The van der Waals surface area contributed by atoms with Crippen LogP contribution in [0.15, 0.2) is 9.81 Å². The van der Waals surface area contributed by atoms with E-state index in [1.807, 2.05) is 26.4 Å². The van der Waals surface area contributed by atoms with E-state index < -0.39 is 0 Å². The van der Waals surface area contributed by atoms with E-state index >= 15 is 0 Å². The second kappa shape index (κ2) is 5.98. The molecule has 0 spiro atoms. The Hall–Kier alpha value is 0.400. The van der Waals surface area contributed by atoms with Crippen LogP contribution in [-0.4, -0.2) is 23.7 Å². The van der Waals surface area contributed by atoms with Gasteiger partial charge in [-0.3, -0.25) is 0 Å². The molecule has 0 aliphatic heterocycles. The lowest BCUT2D eigenvalue weighted by molar-refractivity contribution is 0.207. The molecule has 66 valence electrons. The largest absolute Gasteiger partial charge is 0.389 e. The van der Waals surface area contributed by atoms with Crippen molar-refractivity contribution in [2.45, 2.75) is 26.4 Å². The van der Waals surface area contributed by atoms with Crippen LogP contribution >= 0.6 is 23.5 Å². The van der Waals surface area contributed by atoms with Crippen molar-refractivity contribution in [2.24, 2.45) is 0 Å². The Morgan fingerprint density at radius 1 is 1.36 bits per heavy atom. The van der Waals surface area contributed by atoms with E-state index in [1.54, 1.807) is 23.5 Å². The van der Waals surface area contributed by atoms with E-state index in [1.165, 1.54) is 4.24 Å². The lowest BCUT2D eigenvalue weighted by Gasteiger charge is -2.11. The summed E-state index contributed by atoms with van der Waals surface area (Å²) in [5.74, 6) is 0. The molecule has 0 aromatic rings. The lowest BCUT2D eigenvalue weighted by atomic mass is 10.1. The monoisotopic (exact) mass is 192 g/mol. The van der Waals surface area contributed by atoms with E-state index in [4.69, 9.17) is 0 Å². The number of thioether (sulfide) groups is 2. The summed E-state index contributed by atoms with van der Waals surface area (Å²) in [6.07, 6.45) is 4.62. The minimum absolute atomic E-state index is 0.259. The maximum atomic E-state index is 9.47. The van der Waals surface area contributed by atoms with Crippen molar-refractivity contribution in [3.8, 4) is 0 Å². The zero-order valence-electron chi connectivity index (χ0n) is 7.55. The average molecular weight is 192 g/mol. The first-order chi connectivity index (χ1) is 5.17. The molecule has 1 unspecified atom stereocenters. The maximum absolute atomic E-state index is 9.47. The Morgan fingerprint density at radius 2 is 1.82 bits per heavy atom. The van der Waals surface area contributed by atoms with Gasteiger partial charge >= 0.3 is 0 Å². The molecule has 3 heteroatoms. The van der Waals surface area contributed by atoms with Crippen LogP contribution in [0.1, 0.15) is 20.3 Å². The van der Waals surface area contributed by atoms with Gasteiger partial charge in [-0.05, 0) is 31.4 Å². The average Bonchev–Trinajstić information content (AvgIpc) is 2.05.